The fourth-order valence-corrected chi connectivity index (χ4v) is 4.38. The van der Waals surface area contributed by atoms with Gasteiger partial charge in [0.05, 0.1) is 54.2 Å². The molecule has 0 aromatic carbocycles. The number of quaternary nitrogens is 1. The predicted molar refractivity (Wildman–Crippen MR) is 161 cm³/mol. The van der Waals surface area contributed by atoms with E-state index in [-0.39, 0.29) is 18.5 Å². The van der Waals surface area contributed by atoms with E-state index < -0.39 is 0 Å². The van der Waals surface area contributed by atoms with E-state index >= 15 is 0 Å². The SMILES string of the molecule is CCCCCCCCCCCCCCCCCCOCC(COCCOCC[N+](C)(C)C)Oc1ccncn1.[Cl-]. The zero-order chi connectivity index (χ0) is 28.3. The molecule has 0 bridgehead atoms. The molecule has 1 aromatic heterocycles. The highest BCUT2D eigenvalue weighted by molar-refractivity contribution is 5.05. The topological polar surface area (TPSA) is 62.7 Å². The third-order valence-electron chi connectivity index (χ3n) is 6.87. The molecule has 1 rings (SSSR count). The monoisotopic (exact) mass is 587 g/mol. The second-order valence-corrected chi connectivity index (χ2v) is 11.9. The standard InChI is InChI=1S/C32H62N3O4.ClH/c1-5-6-7-8-9-10-11-12-13-14-15-16-17-18-19-20-24-37-28-31(39-32-21-22-33-30-34-32)29-38-27-26-36-25-23-35(2,3)4;/h21-22,30-31H,5-20,23-29H2,1-4H3;1H/q+1;/p-1. The summed E-state index contributed by atoms with van der Waals surface area (Å²) in [6.45, 7) is 6.82. The van der Waals surface area contributed by atoms with Crippen LogP contribution in [0.4, 0.5) is 0 Å². The molecule has 0 aliphatic carbocycles. The Labute approximate surface area is 253 Å². The van der Waals surface area contributed by atoms with Crippen molar-refractivity contribution in [1.82, 2.24) is 9.97 Å². The molecule has 0 aliphatic heterocycles. The first-order valence-corrected chi connectivity index (χ1v) is 16.0. The zero-order valence-electron chi connectivity index (χ0n) is 26.4. The van der Waals surface area contributed by atoms with Gasteiger partial charge in [-0.15, -0.1) is 0 Å². The normalized spacial score (nSPS) is 12.3. The minimum atomic E-state index is -0.202. The number of nitrogens with zero attached hydrogens (tertiary/aromatic N) is 3. The number of rotatable bonds is 29. The Bertz CT molecular complexity index is 634. The zero-order valence-corrected chi connectivity index (χ0v) is 27.2. The van der Waals surface area contributed by atoms with Gasteiger partial charge >= 0.3 is 0 Å². The number of unbranched alkanes of at least 4 members (excludes halogenated alkanes) is 15. The molecule has 236 valence electrons. The first kappa shape index (κ1) is 39.0. The van der Waals surface area contributed by atoms with Gasteiger partial charge in [-0.1, -0.05) is 103 Å². The summed E-state index contributed by atoms with van der Waals surface area (Å²) in [5, 5.41) is 0. The molecule has 1 heterocycles. The van der Waals surface area contributed by atoms with Crippen molar-refractivity contribution < 1.29 is 35.8 Å². The second kappa shape index (κ2) is 28.1. The molecule has 8 heteroatoms. The molecule has 0 saturated heterocycles. The highest BCUT2D eigenvalue weighted by atomic mass is 35.5. The van der Waals surface area contributed by atoms with Crippen LogP contribution < -0.4 is 17.1 Å². The van der Waals surface area contributed by atoms with Crippen molar-refractivity contribution in [2.24, 2.45) is 0 Å². The molecular weight excluding hydrogens is 526 g/mol. The number of hydrogen-bond acceptors (Lipinski definition) is 6. The van der Waals surface area contributed by atoms with E-state index in [2.05, 4.69) is 38.0 Å². The van der Waals surface area contributed by atoms with Gasteiger partial charge in [-0.25, -0.2) is 9.97 Å². The van der Waals surface area contributed by atoms with Gasteiger partial charge in [0.25, 0.3) is 0 Å². The van der Waals surface area contributed by atoms with E-state index in [1.807, 2.05) is 0 Å². The molecule has 40 heavy (non-hydrogen) atoms. The second-order valence-electron chi connectivity index (χ2n) is 11.9. The maximum atomic E-state index is 5.98. The summed E-state index contributed by atoms with van der Waals surface area (Å²) in [4.78, 5) is 8.12. The third-order valence-corrected chi connectivity index (χ3v) is 6.87. The van der Waals surface area contributed by atoms with Crippen LogP contribution >= 0.6 is 0 Å². The number of halogens is 1. The molecule has 0 spiro atoms. The van der Waals surface area contributed by atoms with Crippen LogP contribution in [-0.4, -0.2) is 87.9 Å². The lowest BCUT2D eigenvalue weighted by molar-refractivity contribution is -0.870. The lowest BCUT2D eigenvalue weighted by atomic mass is 10.0. The maximum Gasteiger partial charge on any atom is 0.216 e. The van der Waals surface area contributed by atoms with E-state index in [0.29, 0.717) is 32.3 Å². The maximum absolute atomic E-state index is 5.98. The summed E-state index contributed by atoms with van der Waals surface area (Å²) in [7, 11) is 6.48. The number of hydrogen-bond donors (Lipinski definition) is 0. The Morgan fingerprint density at radius 3 is 1.65 bits per heavy atom. The quantitative estimate of drug-likeness (QED) is 0.103. The Morgan fingerprint density at radius 1 is 0.650 bits per heavy atom. The summed E-state index contributed by atoms with van der Waals surface area (Å²) < 4.78 is 24.3. The largest absolute Gasteiger partial charge is 1.00 e. The van der Waals surface area contributed by atoms with Crippen molar-refractivity contribution in [2.75, 3.05) is 67.3 Å². The Kier molecular flexibility index (Phi) is 27.4. The molecular formula is C32H62ClN3O4. The molecule has 1 aromatic rings. The van der Waals surface area contributed by atoms with Crippen molar-refractivity contribution in [1.29, 1.82) is 0 Å². The highest BCUT2D eigenvalue weighted by Crippen LogP contribution is 2.14. The fraction of sp³-hybridized carbons (Fsp3) is 0.875. The lowest BCUT2D eigenvalue weighted by Crippen LogP contribution is -3.00. The van der Waals surface area contributed by atoms with E-state index in [1.165, 1.54) is 103 Å². The molecule has 0 amide bonds. The van der Waals surface area contributed by atoms with Crippen LogP contribution in [0.25, 0.3) is 0 Å². The molecule has 1 atom stereocenters. The number of likely N-dealkylation sites (N-methyl/N-ethyl adjacent to an activating group) is 1. The molecule has 0 fully saturated rings. The van der Waals surface area contributed by atoms with Gasteiger partial charge in [0.2, 0.25) is 5.88 Å². The van der Waals surface area contributed by atoms with Gasteiger partial charge < -0.3 is 35.8 Å². The molecule has 0 N–H and O–H groups in total. The van der Waals surface area contributed by atoms with E-state index in [1.54, 1.807) is 12.3 Å². The van der Waals surface area contributed by atoms with Crippen molar-refractivity contribution in [3.63, 3.8) is 0 Å². The average molecular weight is 588 g/mol. The van der Waals surface area contributed by atoms with Gasteiger partial charge in [-0.05, 0) is 6.42 Å². The van der Waals surface area contributed by atoms with Gasteiger partial charge in [0.15, 0.2) is 0 Å². The first-order chi connectivity index (χ1) is 19.0. The van der Waals surface area contributed by atoms with E-state index in [0.717, 1.165) is 30.7 Å². The number of aromatic nitrogens is 2. The summed E-state index contributed by atoms with van der Waals surface area (Å²) in [5.41, 5.74) is 0. The fourth-order valence-electron chi connectivity index (χ4n) is 4.38. The molecule has 0 saturated carbocycles. The van der Waals surface area contributed by atoms with Crippen LogP contribution in [0, 0.1) is 0 Å². The van der Waals surface area contributed by atoms with Crippen LogP contribution in [0.15, 0.2) is 18.6 Å². The number of ether oxygens (including phenoxy) is 4. The van der Waals surface area contributed by atoms with Crippen LogP contribution in [0.2, 0.25) is 0 Å². The first-order valence-electron chi connectivity index (χ1n) is 16.0. The van der Waals surface area contributed by atoms with Gasteiger partial charge in [0, 0.05) is 18.9 Å². The average Bonchev–Trinajstić information content (AvgIpc) is 2.91. The molecule has 0 aliphatic rings. The predicted octanol–water partition coefficient (Wildman–Crippen LogP) is 4.25. The van der Waals surface area contributed by atoms with Crippen LogP contribution in [-0.2, 0) is 14.2 Å². The molecule has 7 nitrogen and oxygen atoms in total. The van der Waals surface area contributed by atoms with Crippen molar-refractivity contribution in [3.8, 4) is 5.88 Å². The Morgan fingerprint density at radius 2 is 1.15 bits per heavy atom. The summed E-state index contributed by atoms with van der Waals surface area (Å²) in [5.74, 6) is 0.545. The van der Waals surface area contributed by atoms with Crippen LogP contribution in [0.5, 0.6) is 5.88 Å². The molecule has 0 radical (unpaired) electrons. The Balaban J connectivity index is 0.0000152. The third kappa shape index (κ3) is 27.2. The van der Waals surface area contributed by atoms with Gasteiger partial charge in [0.1, 0.15) is 19.0 Å². The molecule has 1 unspecified atom stereocenters. The summed E-state index contributed by atoms with van der Waals surface area (Å²) in [6, 6.07) is 1.76. The minimum absolute atomic E-state index is 0. The van der Waals surface area contributed by atoms with Crippen molar-refractivity contribution in [3.05, 3.63) is 18.6 Å². The smallest absolute Gasteiger partial charge is 0.216 e. The van der Waals surface area contributed by atoms with Gasteiger partial charge in [-0.2, -0.15) is 0 Å². The summed E-state index contributed by atoms with van der Waals surface area (Å²) >= 11 is 0. The minimum Gasteiger partial charge on any atom is -1.00 e. The summed E-state index contributed by atoms with van der Waals surface area (Å²) in [6.07, 6.45) is 25.0. The van der Waals surface area contributed by atoms with Crippen molar-refractivity contribution in [2.45, 2.75) is 116 Å². The van der Waals surface area contributed by atoms with Crippen molar-refractivity contribution >= 4 is 0 Å². The highest BCUT2D eigenvalue weighted by Gasteiger charge is 2.13. The van der Waals surface area contributed by atoms with E-state index in [9.17, 15) is 0 Å². The van der Waals surface area contributed by atoms with Crippen LogP contribution in [0.1, 0.15) is 110 Å². The van der Waals surface area contributed by atoms with Gasteiger partial charge in [-0.3, -0.25) is 0 Å². The van der Waals surface area contributed by atoms with Crippen LogP contribution in [0.3, 0.4) is 0 Å². The van der Waals surface area contributed by atoms with E-state index in [4.69, 9.17) is 18.9 Å². The Hall–Kier alpha value is -0.990. The lowest BCUT2D eigenvalue weighted by Gasteiger charge is -2.23.